The SMILES string of the molecule is CCCCC1(CCCC)c2ccccc2-c2cc3c4ccccc4c4ccccc4c3cc21. The molecule has 0 unspecified atom stereocenters. The molecule has 0 N–H and O–H groups in total. The molecule has 0 heterocycles. The van der Waals surface area contributed by atoms with Gasteiger partial charge in [0.1, 0.15) is 0 Å². The van der Waals surface area contributed by atoms with Crippen molar-refractivity contribution < 1.29 is 0 Å². The highest BCUT2D eigenvalue weighted by Gasteiger charge is 2.42. The van der Waals surface area contributed by atoms with Gasteiger partial charge in [-0.05, 0) is 79.5 Å². The van der Waals surface area contributed by atoms with E-state index in [-0.39, 0.29) is 5.41 Å². The molecule has 164 valence electrons. The quantitative estimate of drug-likeness (QED) is 0.236. The van der Waals surface area contributed by atoms with E-state index in [2.05, 4.69) is 98.8 Å². The molecule has 0 heteroatoms. The maximum atomic E-state index is 2.59. The van der Waals surface area contributed by atoms with Gasteiger partial charge in [-0.15, -0.1) is 0 Å². The van der Waals surface area contributed by atoms with Crippen LogP contribution in [0.3, 0.4) is 0 Å². The van der Waals surface area contributed by atoms with Crippen LogP contribution in [0.5, 0.6) is 0 Å². The molecule has 0 radical (unpaired) electrons. The zero-order valence-electron chi connectivity index (χ0n) is 19.8. The van der Waals surface area contributed by atoms with Gasteiger partial charge in [-0.2, -0.15) is 0 Å². The number of hydrogen-bond acceptors (Lipinski definition) is 0. The number of hydrogen-bond donors (Lipinski definition) is 0. The van der Waals surface area contributed by atoms with Crippen LogP contribution in [0.2, 0.25) is 0 Å². The molecule has 6 rings (SSSR count). The van der Waals surface area contributed by atoms with Crippen molar-refractivity contribution in [2.24, 2.45) is 0 Å². The molecule has 0 aromatic heterocycles. The maximum Gasteiger partial charge on any atom is 0.0215 e. The van der Waals surface area contributed by atoms with E-state index in [0.717, 1.165) is 0 Å². The van der Waals surface area contributed by atoms with Crippen molar-refractivity contribution in [3.05, 3.63) is 96.1 Å². The highest BCUT2D eigenvalue weighted by Crippen LogP contribution is 2.55. The van der Waals surface area contributed by atoms with Crippen molar-refractivity contribution in [2.45, 2.75) is 57.8 Å². The Hall–Kier alpha value is -3.12. The van der Waals surface area contributed by atoms with E-state index in [1.54, 1.807) is 11.1 Å². The first-order chi connectivity index (χ1) is 16.3. The van der Waals surface area contributed by atoms with Gasteiger partial charge >= 0.3 is 0 Å². The number of rotatable bonds is 6. The van der Waals surface area contributed by atoms with Crippen LogP contribution < -0.4 is 0 Å². The molecule has 1 aliphatic carbocycles. The Morgan fingerprint density at radius 3 is 1.55 bits per heavy atom. The second kappa shape index (κ2) is 8.03. The Kier molecular flexibility index (Phi) is 4.98. The maximum absolute atomic E-state index is 2.59. The lowest BCUT2D eigenvalue weighted by atomic mass is 9.70. The zero-order chi connectivity index (χ0) is 22.4. The topological polar surface area (TPSA) is 0 Å². The van der Waals surface area contributed by atoms with Crippen LogP contribution in [-0.4, -0.2) is 0 Å². The third-order valence-corrected chi connectivity index (χ3v) is 8.04. The van der Waals surface area contributed by atoms with E-state index < -0.39 is 0 Å². The van der Waals surface area contributed by atoms with E-state index in [1.807, 2.05) is 0 Å². The smallest absolute Gasteiger partial charge is 0.0215 e. The number of fused-ring (bicyclic) bond motifs is 9. The van der Waals surface area contributed by atoms with Crippen molar-refractivity contribution in [3.63, 3.8) is 0 Å². The van der Waals surface area contributed by atoms with Gasteiger partial charge in [0, 0.05) is 5.41 Å². The van der Waals surface area contributed by atoms with E-state index >= 15 is 0 Å². The average Bonchev–Trinajstić information content (AvgIpc) is 3.15. The number of benzene rings is 5. The highest BCUT2D eigenvalue weighted by atomic mass is 14.4. The Labute approximate surface area is 197 Å². The third kappa shape index (κ3) is 2.97. The first-order valence-corrected chi connectivity index (χ1v) is 12.8. The summed E-state index contributed by atoms with van der Waals surface area (Å²) in [7, 11) is 0. The predicted molar refractivity (Wildman–Crippen MR) is 144 cm³/mol. The molecule has 0 aliphatic heterocycles. The summed E-state index contributed by atoms with van der Waals surface area (Å²) < 4.78 is 0. The predicted octanol–water partition coefficient (Wildman–Crippen LogP) is 9.79. The largest absolute Gasteiger partial charge is 0.0654 e. The zero-order valence-corrected chi connectivity index (χ0v) is 19.8. The van der Waals surface area contributed by atoms with E-state index in [0.29, 0.717) is 0 Å². The van der Waals surface area contributed by atoms with Gasteiger partial charge in [0.25, 0.3) is 0 Å². The Morgan fingerprint density at radius 2 is 0.970 bits per heavy atom. The molecule has 0 nitrogen and oxygen atoms in total. The van der Waals surface area contributed by atoms with Gasteiger partial charge in [-0.25, -0.2) is 0 Å². The molecule has 0 saturated heterocycles. The van der Waals surface area contributed by atoms with Crippen LogP contribution in [-0.2, 0) is 5.41 Å². The normalized spacial score (nSPS) is 14.1. The summed E-state index contributed by atoms with van der Waals surface area (Å²) in [5, 5.41) is 8.27. The molecule has 1 aliphatic rings. The molecule has 0 amide bonds. The Bertz CT molecular complexity index is 1480. The van der Waals surface area contributed by atoms with E-state index in [4.69, 9.17) is 0 Å². The molecular weight excluding hydrogens is 396 g/mol. The lowest BCUT2D eigenvalue weighted by Gasteiger charge is -2.33. The second-order valence-corrected chi connectivity index (χ2v) is 9.87. The van der Waals surface area contributed by atoms with Crippen LogP contribution in [0.15, 0.2) is 84.9 Å². The summed E-state index contributed by atoms with van der Waals surface area (Å²) in [6, 6.07) is 32.3. The second-order valence-electron chi connectivity index (χ2n) is 9.87. The first-order valence-electron chi connectivity index (χ1n) is 12.8. The van der Waals surface area contributed by atoms with E-state index in [9.17, 15) is 0 Å². The van der Waals surface area contributed by atoms with Crippen molar-refractivity contribution in [1.82, 2.24) is 0 Å². The fourth-order valence-electron chi connectivity index (χ4n) is 6.47. The van der Waals surface area contributed by atoms with Gasteiger partial charge < -0.3 is 0 Å². The minimum absolute atomic E-state index is 0.138. The lowest BCUT2D eigenvalue weighted by Crippen LogP contribution is -2.25. The van der Waals surface area contributed by atoms with Crippen LogP contribution in [0, 0.1) is 0 Å². The van der Waals surface area contributed by atoms with Gasteiger partial charge in [-0.3, -0.25) is 0 Å². The standard InChI is InChI=1S/C33H32/c1-3-5-19-33(20-6-4-2)31-18-12-11-17-27(31)30-21-28-25-15-9-7-13-23(25)24-14-8-10-16-26(24)29(28)22-32(30)33/h7-18,21-22H,3-6,19-20H2,1-2H3. The highest BCUT2D eigenvalue weighted by molar-refractivity contribution is 6.26. The van der Waals surface area contributed by atoms with Crippen molar-refractivity contribution in [2.75, 3.05) is 0 Å². The molecule has 0 fully saturated rings. The Balaban J connectivity index is 1.75. The van der Waals surface area contributed by atoms with Gasteiger partial charge in [0.2, 0.25) is 0 Å². The van der Waals surface area contributed by atoms with Crippen molar-refractivity contribution in [3.8, 4) is 11.1 Å². The average molecular weight is 429 g/mol. The molecule has 5 aromatic carbocycles. The number of unbranched alkanes of at least 4 members (excludes halogenated alkanes) is 2. The Morgan fingerprint density at radius 1 is 0.485 bits per heavy atom. The van der Waals surface area contributed by atoms with Crippen molar-refractivity contribution in [1.29, 1.82) is 0 Å². The lowest BCUT2D eigenvalue weighted by molar-refractivity contribution is 0.415. The monoisotopic (exact) mass is 428 g/mol. The van der Waals surface area contributed by atoms with Gasteiger partial charge in [-0.1, -0.05) is 112 Å². The molecule has 5 aromatic rings. The summed E-state index contributed by atoms with van der Waals surface area (Å²) in [5.74, 6) is 0. The summed E-state index contributed by atoms with van der Waals surface area (Å²) in [6.07, 6.45) is 7.51. The molecule has 0 atom stereocenters. The van der Waals surface area contributed by atoms with E-state index in [1.165, 1.54) is 82.0 Å². The minimum atomic E-state index is 0.138. The third-order valence-electron chi connectivity index (χ3n) is 8.04. The summed E-state index contributed by atoms with van der Waals surface area (Å²) in [6.45, 7) is 4.66. The van der Waals surface area contributed by atoms with Gasteiger partial charge in [0.15, 0.2) is 0 Å². The fourth-order valence-corrected chi connectivity index (χ4v) is 6.47. The van der Waals surface area contributed by atoms with Gasteiger partial charge in [0.05, 0.1) is 0 Å². The molecule has 0 saturated carbocycles. The molecule has 0 spiro atoms. The minimum Gasteiger partial charge on any atom is -0.0654 e. The summed E-state index contributed by atoms with van der Waals surface area (Å²) >= 11 is 0. The van der Waals surface area contributed by atoms with Crippen LogP contribution in [0.25, 0.3) is 43.4 Å². The molecular formula is C33H32. The van der Waals surface area contributed by atoms with Crippen molar-refractivity contribution >= 4 is 32.3 Å². The van der Waals surface area contributed by atoms with Crippen LogP contribution in [0.4, 0.5) is 0 Å². The summed E-state index contributed by atoms with van der Waals surface area (Å²) in [4.78, 5) is 0. The van der Waals surface area contributed by atoms with Crippen LogP contribution >= 0.6 is 0 Å². The van der Waals surface area contributed by atoms with Crippen LogP contribution in [0.1, 0.15) is 63.5 Å². The first kappa shape index (κ1) is 20.5. The molecule has 33 heavy (non-hydrogen) atoms. The fraction of sp³-hybridized carbons (Fsp3) is 0.273. The molecule has 0 bridgehead atoms. The summed E-state index contributed by atoms with van der Waals surface area (Å²) in [5.41, 5.74) is 6.19.